The summed E-state index contributed by atoms with van der Waals surface area (Å²) in [6, 6.07) is 0. The van der Waals surface area contributed by atoms with Gasteiger partial charge in [-0.25, -0.2) is 9.97 Å². The van der Waals surface area contributed by atoms with Crippen molar-refractivity contribution >= 4 is 0 Å². The fourth-order valence-corrected chi connectivity index (χ4v) is 3.11. The van der Waals surface area contributed by atoms with E-state index >= 15 is 0 Å². The van der Waals surface area contributed by atoms with Crippen LogP contribution in [0.15, 0.2) is 10.6 Å². The second-order valence-electron chi connectivity index (χ2n) is 6.85. The fraction of sp³-hybridized carbons (Fsp3) is 0.647. The summed E-state index contributed by atoms with van der Waals surface area (Å²) in [6.45, 7) is 11.3. The third-order valence-electron chi connectivity index (χ3n) is 4.39. The summed E-state index contributed by atoms with van der Waals surface area (Å²) in [5.74, 6) is 3.81. The number of oxazole rings is 1. The molecule has 120 valence electrons. The van der Waals surface area contributed by atoms with E-state index in [4.69, 9.17) is 9.40 Å². The number of aromatic nitrogens is 3. The highest BCUT2D eigenvalue weighted by Crippen LogP contribution is 2.24. The predicted molar refractivity (Wildman–Crippen MR) is 85.7 cm³/mol. The van der Waals surface area contributed by atoms with Crippen LogP contribution in [0.1, 0.15) is 68.4 Å². The van der Waals surface area contributed by atoms with E-state index in [1.54, 1.807) is 0 Å². The van der Waals surface area contributed by atoms with Crippen LogP contribution in [-0.4, -0.2) is 26.0 Å². The minimum absolute atomic E-state index is 0.388. The molecule has 2 aromatic rings. The summed E-state index contributed by atoms with van der Waals surface area (Å²) >= 11 is 0. The SMILES string of the molecule is CC(C)c1cnc(CN2CCc3c(nc(C(C)C)n3C)C2)o1. The Morgan fingerprint density at radius 1 is 1.23 bits per heavy atom. The first-order valence-electron chi connectivity index (χ1n) is 8.17. The largest absolute Gasteiger partial charge is 0.444 e. The fourth-order valence-electron chi connectivity index (χ4n) is 3.11. The Bertz CT molecular complexity index is 654. The third kappa shape index (κ3) is 2.82. The maximum atomic E-state index is 5.82. The van der Waals surface area contributed by atoms with Crippen LogP contribution >= 0.6 is 0 Å². The monoisotopic (exact) mass is 302 g/mol. The molecular formula is C17H26N4O. The molecule has 2 aromatic heterocycles. The quantitative estimate of drug-likeness (QED) is 0.870. The maximum Gasteiger partial charge on any atom is 0.208 e. The van der Waals surface area contributed by atoms with Crippen LogP contribution in [-0.2, 0) is 26.6 Å². The Labute approximate surface area is 132 Å². The highest BCUT2D eigenvalue weighted by Gasteiger charge is 2.24. The number of rotatable bonds is 4. The van der Waals surface area contributed by atoms with E-state index in [9.17, 15) is 0 Å². The molecule has 0 fully saturated rings. The maximum absolute atomic E-state index is 5.82. The molecule has 3 heterocycles. The van der Waals surface area contributed by atoms with Gasteiger partial charge in [0.2, 0.25) is 5.89 Å². The lowest BCUT2D eigenvalue weighted by molar-refractivity contribution is 0.214. The lowest BCUT2D eigenvalue weighted by Gasteiger charge is -2.25. The molecule has 0 radical (unpaired) electrons. The van der Waals surface area contributed by atoms with Crippen molar-refractivity contribution in [1.29, 1.82) is 0 Å². The molecule has 0 amide bonds. The minimum atomic E-state index is 0.388. The summed E-state index contributed by atoms with van der Waals surface area (Å²) in [5.41, 5.74) is 2.60. The molecule has 0 bridgehead atoms. The van der Waals surface area contributed by atoms with Crippen LogP contribution in [0.4, 0.5) is 0 Å². The number of hydrogen-bond acceptors (Lipinski definition) is 4. The van der Waals surface area contributed by atoms with Gasteiger partial charge in [0.25, 0.3) is 0 Å². The first-order valence-corrected chi connectivity index (χ1v) is 8.17. The zero-order valence-corrected chi connectivity index (χ0v) is 14.3. The average Bonchev–Trinajstić information content (AvgIpc) is 3.04. The third-order valence-corrected chi connectivity index (χ3v) is 4.39. The van der Waals surface area contributed by atoms with Crippen LogP contribution in [0.25, 0.3) is 0 Å². The Balaban J connectivity index is 1.72. The molecule has 0 aromatic carbocycles. The van der Waals surface area contributed by atoms with Gasteiger partial charge in [0.15, 0.2) is 0 Å². The summed E-state index contributed by atoms with van der Waals surface area (Å²) in [6.07, 6.45) is 2.90. The predicted octanol–water partition coefficient (Wildman–Crippen LogP) is 3.21. The highest BCUT2D eigenvalue weighted by atomic mass is 16.4. The zero-order chi connectivity index (χ0) is 15.9. The van der Waals surface area contributed by atoms with Gasteiger partial charge in [-0.2, -0.15) is 0 Å². The summed E-state index contributed by atoms with van der Waals surface area (Å²) in [5, 5.41) is 0. The van der Waals surface area contributed by atoms with Crippen molar-refractivity contribution in [2.45, 2.75) is 59.0 Å². The van der Waals surface area contributed by atoms with Crippen LogP contribution in [0, 0.1) is 0 Å². The van der Waals surface area contributed by atoms with Crippen LogP contribution in [0.5, 0.6) is 0 Å². The molecule has 5 nitrogen and oxygen atoms in total. The van der Waals surface area contributed by atoms with Gasteiger partial charge >= 0.3 is 0 Å². The van der Waals surface area contributed by atoms with Gasteiger partial charge in [-0.15, -0.1) is 0 Å². The number of hydrogen-bond donors (Lipinski definition) is 0. The van der Waals surface area contributed by atoms with Crippen LogP contribution in [0.3, 0.4) is 0 Å². The molecular weight excluding hydrogens is 276 g/mol. The first kappa shape index (κ1) is 15.3. The molecule has 0 N–H and O–H groups in total. The summed E-state index contributed by atoms with van der Waals surface area (Å²) in [4.78, 5) is 11.6. The highest BCUT2D eigenvalue weighted by molar-refractivity contribution is 5.21. The average molecular weight is 302 g/mol. The lowest BCUT2D eigenvalue weighted by atomic mass is 10.1. The van der Waals surface area contributed by atoms with E-state index in [1.807, 2.05) is 6.20 Å². The number of nitrogens with zero attached hydrogens (tertiary/aromatic N) is 4. The van der Waals surface area contributed by atoms with Crippen molar-refractivity contribution < 1.29 is 4.42 Å². The molecule has 1 aliphatic heterocycles. The normalized spacial score (nSPS) is 15.8. The molecule has 3 rings (SSSR count). The molecule has 0 unspecified atom stereocenters. The van der Waals surface area contributed by atoms with Crippen molar-refractivity contribution in [3.63, 3.8) is 0 Å². The van der Waals surface area contributed by atoms with E-state index < -0.39 is 0 Å². The topological polar surface area (TPSA) is 47.1 Å². The number of fused-ring (bicyclic) bond motifs is 1. The summed E-state index contributed by atoms with van der Waals surface area (Å²) < 4.78 is 8.10. The van der Waals surface area contributed by atoms with E-state index in [0.29, 0.717) is 11.8 Å². The molecule has 5 heteroatoms. The minimum Gasteiger partial charge on any atom is -0.444 e. The Morgan fingerprint density at radius 3 is 2.64 bits per heavy atom. The Hall–Kier alpha value is -1.62. The van der Waals surface area contributed by atoms with E-state index in [0.717, 1.165) is 37.7 Å². The standard InChI is InChI=1S/C17H26N4O/c1-11(2)15-8-18-16(22-15)10-21-7-6-14-13(9-21)19-17(12(3)4)20(14)5/h8,11-12H,6-7,9-10H2,1-5H3. The van der Waals surface area contributed by atoms with E-state index in [1.165, 1.54) is 17.2 Å². The summed E-state index contributed by atoms with van der Waals surface area (Å²) in [7, 11) is 2.14. The van der Waals surface area contributed by atoms with E-state index in [2.05, 4.69) is 49.2 Å². The van der Waals surface area contributed by atoms with Crippen molar-refractivity contribution in [2.75, 3.05) is 6.54 Å². The van der Waals surface area contributed by atoms with Gasteiger partial charge in [-0.3, -0.25) is 4.90 Å². The van der Waals surface area contributed by atoms with Crippen LogP contribution in [0.2, 0.25) is 0 Å². The van der Waals surface area contributed by atoms with Crippen molar-refractivity contribution in [3.8, 4) is 0 Å². The van der Waals surface area contributed by atoms with Gasteiger partial charge < -0.3 is 8.98 Å². The van der Waals surface area contributed by atoms with Crippen molar-refractivity contribution in [1.82, 2.24) is 19.4 Å². The Kier molecular flexibility index (Phi) is 4.08. The molecule has 22 heavy (non-hydrogen) atoms. The second kappa shape index (κ2) is 5.88. The van der Waals surface area contributed by atoms with Crippen LogP contribution < -0.4 is 0 Å². The van der Waals surface area contributed by atoms with Gasteiger partial charge in [0.05, 0.1) is 18.4 Å². The van der Waals surface area contributed by atoms with Gasteiger partial charge in [-0.1, -0.05) is 27.7 Å². The van der Waals surface area contributed by atoms with E-state index in [-0.39, 0.29) is 0 Å². The smallest absolute Gasteiger partial charge is 0.208 e. The van der Waals surface area contributed by atoms with Gasteiger partial charge in [0, 0.05) is 44.1 Å². The Morgan fingerprint density at radius 2 is 2.00 bits per heavy atom. The lowest BCUT2D eigenvalue weighted by Crippen LogP contribution is -2.30. The second-order valence-corrected chi connectivity index (χ2v) is 6.85. The van der Waals surface area contributed by atoms with Crippen molar-refractivity contribution in [2.24, 2.45) is 7.05 Å². The molecule has 0 spiro atoms. The number of imidazole rings is 1. The van der Waals surface area contributed by atoms with Gasteiger partial charge in [0.1, 0.15) is 11.6 Å². The molecule has 0 aliphatic carbocycles. The molecule has 0 saturated carbocycles. The molecule has 1 aliphatic rings. The molecule has 0 atom stereocenters. The zero-order valence-electron chi connectivity index (χ0n) is 14.3. The van der Waals surface area contributed by atoms with Gasteiger partial charge in [-0.05, 0) is 0 Å². The first-order chi connectivity index (χ1) is 10.5. The molecule has 0 saturated heterocycles. The van der Waals surface area contributed by atoms with Crippen molar-refractivity contribution in [3.05, 3.63) is 35.1 Å².